The first-order chi connectivity index (χ1) is 13.5. The average Bonchev–Trinajstić information content (AvgIpc) is 3.07. The minimum absolute atomic E-state index is 0.0119. The molecule has 146 valence electrons. The van der Waals surface area contributed by atoms with Crippen molar-refractivity contribution in [3.8, 4) is 5.75 Å². The largest absolute Gasteiger partial charge is 0.493 e. The number of aromatic nitrogens is 3. The maximum Gasteiger partial charge on any atom is 0.219 e. The van der Waals surface area contributed by atoms with Crippen LogP contribution in [0.15, 0.2) is 36.7 Å². The average molecular weight is 383 g/mol. The van der Waals surface area contributed by atoms with Gasteiger partial charge in [0.2, 0.25) is 5.91 Å². The molecule has 0 unspecified atom stereocenters. The number of anilines is 1. The van der Waals surface area contributed by atoms with Crippen LogP contribution in [-0.2, 0) is 17.9 Å². The van der Waals surface area contributed by atoms with E-state index in [9.17, 15) is 9.18 Å². The van der Waals surface area contributed by atoms with Crippen molar-refractivity contribution in [3.63, 3.8) is 0 Å². The van der Waals surface area contributed by atoms with Crippen molar-refractivity contribution in [3.05, 3.63) is 53.6 Å². The van der Waals surface area contributed by atoms with Gasteiger partial charge in [-0.1, -0.05) is 0 Å². The van der Waals surface area contributed by atoms with Crippen molar-refractivity contribution < 1.29 is 13.9 Å². The normalized spacial score (nSPS) is 15.2. The topological polar surface area (TPSA) is 63.0 Å². The van der Waals surface area contributed by atoms with Crippen molar-refractivity contribution in [1.82, 2.24) is 19.5 Å². The van der Waals surface area contributed by atoms with Crippen molar-refractivity contribution in [2.24, 2.45) is 0 Å². The zero-order valence-electron chi connectivity index (χ0n) is 15.9. The Morgan fingerprint density at radius 1 is 1.21 bits per heavy atom. The van der Waals surface area contributed by atoms with Gasteiger partial charge in [-0.15, -0.1) is 0 Å². The van der Waals surface area contributed by atoms with Crippen LogP contribution in [0.4, 0.5) is 10.2 Å². The van der Waals surface area contributed by atoms with E-state index >= 15 is 0 Å². The lowest BCUT2D eigenvalue weighted by Gasteiger charge is -2.23. The summed E-state index contributed by atoms with van der Waals surface area (Å²) >= 11 is 0. The number of nitrogens with zero attached hydrogens (tertiary/aromatic N) is 5. The molecular weight excluding hydrogens is 361 g/mol. The van der Waals surface area contributed by atoms with Gasteiger partial charge in [0, 0.05) is 44.4 Å². The molecule has 0 fully saturated rings. The van der Waals surface area contributed by atoms with E-state index in [-0.39, 0.29) is 11.7 Å². The molecule has 28 heavy (non-hydrogen) atoms. The second-order valence-corrected chi connectivity index (χ2v) is 6.97. The van der Waals surface area contributed by atoms with E-state index in [0.717, 1.165) is 16.9 Å². The van der Waals surface area contributed by atoms with Crippen LogP contribution in [0.5, 0.6) is 5.75 Å². The number of ether oxygens (including phenoxy) is 1. The standard InChI is InChI=1S/C20H22FN5O2/c1-14(27)25-7-3-9-28-18-5-4-17(21)10-15(18)12-24(2)19-6-8-26-20(23-19)16(13-25)11-22-26/h4-6,8,10-11H,3,7,9,12-13H2,1-2H3. The van der Waals surface area contributed by atoms with Crippen LogP contribution in [0.3, 0.4) is 0 Å². The highest BCUT2D eigenvalue weighted by Crippen LogP contribution is 2.24. The van der Waals surface area contributed by atoms with Gasteiger partial charge >= 0.3 is 0 Å². The quantitative estimate of drug-likeness (QED) is 0.597. The molecule has 3 heterocycles. The van der Waals surface area contributed by atoms with Crippen LogP contribution in [0.1, 0.15) is 24.5 Å². The number of hydrogen-bond donors (Lipinski definition) is 0. The van der Waals surface area contributed by atoms with E-state index in [1.165, 1.54) is 12.1 Å². The Bertz CT molecular complexity index is 1020. The molecule has 1 amide bonds. The summed E-state index contributed by atoms with van der Waals surface area (Å²) in [5.41, 5.74) is 2.34. The van der Waals surface area contributed by atoms with E-state index < -0.39 is 0 Å². The fourth-order valence-corrected chi connectivity index (χ4v) is 3.37. The Hall–Kier alpha value is -3.16. The molecule has 0 atom stereocenters. The van der Waals surface area contributed by atoms with Gasteiger partial charge in [-0.25, -0.2) is 13.9 Å². The van der Waals surface area contributed by atoms with Crippen LogP contribution in [0.25, 0.3) is 5.65 Å². The maximum atomic E-state index is 13.8. The predicted octanol–water partition coefficient (Wildman–Crippen LogP) is 2.64. The molecular formula is C20H22FN5O2. The Balaban J connectivity index is 1.77. The molecule has 2 bridgehead atoms. The van der Waals surface area contributed by atoms with E-state index in [4.69, 9.17) is 9.72 Å². The lowest BCUT2D eigenvalue weighted by Crippen LogP contribution is -2.30. The molecule has 0 saturated heterocycles. The molecule has 0 saturated carbocycles. The number of halogens is 1. The second-order valence-electron chi connectivity index (χ2n) is 6.97. The number of benzene rings is 1. The van der Waals surface area contributed by atoms with Crippen molar-refractivity contribution in [2.45, 2.75) is 26.4 Å². The smallest absolute Gasteiger partial charge is 0.219 e. The summed E-state index contributed by atoms with van der Waals surface area (Å²) in [5.74, 6) is 1.06. The monoisotopic (exact) mass is 383 g/mol. The highest BCUT2D eigenvalue weighted by Gasteiger charge is 2.17. The van der Waals surface area contributed by atoms with Crippen LogP contribution in [-0.4, -0.2) is 45.6 Å². The number of fused-ring (bicyclic) bond motifs is 2. The number of hydrogen-bond acceptors (Lipinski definition) is 5. The van der Waals surface area contributed by atoms with Gasteiger partial charge in [0.25, 0.3) is 0 Å². The summed E-state index contributed by atoms with van der Waals surface area (Å²) < 4.78 is 21.4. The van der Waals surface area contributed by atoms with Gasteiger partial charge in [0.15, 0.2) is 5.65 Å². The zero-order chi connectivity index (χ0) is 19.7. The van der Waals surface area contributed by atoms with Crippen LogP contribution >= 0.6 is 0 Å². The van der Waals surface area contributed by atoms with Gasteiger partial charge < -0.3 is 14.5 Å². The Morgan fingerprint density at radius 2 is 2.07 bits per heavy atom. The summed E-state index contributed by atoms with van der Waals surface area (Å²) in [7, 11) is 1.90. The van der Waals surface area contributed by atoms with Gasteiger partial charge in [0.1, 0.15) is 17.4 Å². The zero-order valence-corrected chi connectivity index (χ0v) is 15.9. The Labute approximate surface area is 162 Å². The molecule has 4 rings (SSSR count). The van der Waals surface area contributed by atoms with Gasteiger partial charge in [-0.05, 0) is 30.7 Å². The van der Waals surface area contributed by atoms with Gasteiger partial charge in [0.05, 0.1) is 19.3 Å². The van der Waals surface area contributed by atoms with Gasteiger partial charge in [-0.3, -0.25) is 4.79 Å². The molecule has 0 aliphatic carbocycles. The molecule has 1 aromatic carbocycles. The molecule has 1 aliphatic rings. The van der Waals surface area contributed by atoms with E-state index in [0.29, 0.717) is 44.1 Å². The summed E-state index contributed by atoms with van der Waals surface area (Å²) in [6.45, 7) is 3.46. The summed E-state index contributed by atoms with van der Waals surface area (Å²) in [4.78, 5) is 20.5. The number of carbonyl (C=O) groups excluding carboxylic acids is 1. The molecule has 0 N–H and O–H groups in total. The third-order valence-corrected chi connectivity index (χ3v) is 4.89. The maximum absolute atomic E-state index is 13.8. The first-order valence-corrected chi connectivity index (χ1v) is 9.22. The fourth-order valence-electron chi connectivity index (χ4n) is 3.37. The highest BCUT2D eigenvalue weighted by molar-refractivity contribution is 5.73. The lowest BCUT2D eigenvalue weighted by molar-refractivity contribution is -0.129. The Kier molecular flexibility index (Phi) is 4.85. The predicted molar refractivity (Wildman–Crippen MR) is 103 cm³/mol. The molecule has 2 aromatic heterocycles. The molecule has 0 spiro atoms. The Morgan fingerprint density at radius 3 is 2.89 bits per heavy atom. The van der Waals surface area contributed by atoms with Gasteiger partial charge in [-0.2, -0.15) is 5.10 Å². The molecule has 7 nitrogen and oxygen atoms in total. The first-order valence-electron chi connectivity index (χ1n) is 9.22. The van der Waals surface area contributed by atoms with Crippen LogP contribution in [0, 0.1) is 5.82 Å². The minimum atomic E-state index is -0.305. The molecule has 0 radical (unpaired) electrons. The van der Waals surface area contributed by atoms with E-state index in [1.807, 2.05) is 24.2 Å². The number of amides is 1. The highest BCUT2D eigenvalue weighted by atomic mass is 19.1. The summed E-state index contributed by atoms with van der Waals surface area (Å²) in [5, 5.41) is 4.34. The molecule has 1 aliphatic heterocycles. The van der Waals surface area contributed by atoms with Crippen LogP contribution in [0.2, 0.25) is 0 Å². The molecule has 8 heteroatoms. The second kappa shape index (κ2) is 7.46. The fraction of sp³-hybridized carbons (Fsp3) is 0.350. The minimum Gasteiger partial charge on any atom is -0.493 e. The van der Waals surface area contributed by atoms with Crippen molar-refractivity contribution >= 4 is 17.4 Å². The summed E-state index contributed by atoms with van der Waals surface area (Å²) in [6.07, 6.45) is 4.25. The molecule has 3 aromatic rings. The summed E-state index contributed by atoms with van der Waals surface area (Å²) in [6, 6.07) is 6.39. The van der Waals surface area contributed by atoms with Crippen molar-refractivity contribution in [1.29, 1.82) is 0 Å². The SMILES string of the molecule is CC(=O)N1CCCOc2ccc(F)cc2CN(C)c2ccn3ncc(c3n2)C1. The van der Waals surface area contributed by atoms with Crippen LogP contribution < -0.4 is 9.64 Å². The van der Waals surface area contributed by atoms with E-state index in [1.54, 1.807) is 28.6 Å². The first kappa shape index (κ1) is 18.2. The third kappa shape index (κ3) is 3.62. The number of rotatable bonds is 0. The lowest BCUT2D eigenvalue weighted by atomic mass is 10.2. The number of carbonyl (C=O) groups is 1. The van der Waals surface area contributed by atoms with E-state index in [2.05, 4.69) is 5.10 Å². The van der Waals surface area contributed by atoms with Crippen molar-refractivity contribution in [2.75, 3.05) is 25.1 Å². The third-order valence-electron chi connectivity index (χ3n) is 4.89.